The Kier molecular flexibility index (Phi) is 15.7. The molecule has 0 radical (unpaired) electrons. The molecule has 0 aliphatic heterocycles. The second kappa shape index (κ2) is 19.3. The van der Waals surface area contributed by atoms with Crippen LogP contribution in [0.25, 0.3) is 0 Å². The predicted octanol–water partition coefficient (Wildman–Crippen LogP) is 5.21. The van der Waals surface area contributed by atoms with E-state index in [-0.39, 0.29) is 44.2 Å². The molecule has 0 bridgehead atoms. The quantitative estimate of drug-likeness (QED) is 0.0698. The van der Waals surface area contributed by atoms with Crippen LogP contribution < -0.4 is 21.5 Å². The Labute approximate surface area is 321 Å². The summed E-state index contributed by atoms with van der Waals surface area (Å²) in [5.74, 6) is -3.27. The van der Waals surface area contributed by atoms with E-state index in [0.29, 0.717) is 17.2 Å². The Bertz CT molecular complexity index is 1630. The molecule has 3 rings (SSSR count). The Morgan fingerprint density at radius 1 is 1.06 bits per heavy atom. The molecule has 1 aliphatic carbocycles. The number of amides is 2. The van der Waals surface area contributed by atoms with Crippen molar-refractivity contribution in [1.82, 2.24) is 5.32 Å². The van der Waals surface area contributed by atoms with Gasteiger partial charge in [0.25, 0.3) is 0 Å². The molecular formula is C39H51Cl2N3O9. The molecule has 290 valence electrons. The van der Waals surface area contributed by atoms with Gasteiger partial charge in [-0.05, 0) is 61.9 Å². The molecule has 1 saturated carbocycles. The van der Waals surface area contributed by atoms with E-state index in [4.69, 9.17) is 53.6 Å². The van der Waals surface area contributed by atoms with Crippen molar-refractivity contribution in [3.8, 4) is 5.75 Å². The van der Waals surface area contributed by atoms with Crippen LogP contribution in [0.3, 0.4) is 0 Å². The van der Waals surface area contributed by atoms with Gasteiger partial charge in [0, 0.05) is 25.3 Å². The molecule has 5 N–H and O–H groups in total. The van der Waals surface area contributed by atoms with Crippen molar-refractivity contribution in [1.29, 1.82) is 0 Å². The van der Waals surface area contributed by atoms with Crippen molar-refractivity contribution in [2.24, 2.45) is 34.1 Å². The monoisotopic (exact) mass is 775 g/mol. The van der Waals surface area contributed by atoms with Gasteiger partial charge in [-0.3, -0.25) is 19.2 Å². The maximum atomic E-state index is 13.9. The molecule has 2 aromatic carbocycles. The first-order chi connectivity index (χ1) is 24.9. The summed E-state index contributed by atoms with van der Waals surface area (Å²) in [6.45, 7) is 8.28. The highest BCUT2D eigenvalue weighted by Gasteiger charge is 2.71. The number of ether oxygens (including phenoxy) is 4. The molecule has 0 aromatic heterocycles. The molecule has 6 atom stereocenters. The van der Waals surface area contributed by atoms with E-state index in [9.17, 15) is 24.0 Å². The summed E-state index contributed by atoms with van der Waals surface area (Å²) in [5.41, 5.74) is 10.3. The Morgan fingerprint density at radius 3 is 2.32 bits per heavy atom. The van der Waals surface area contributed by atoms with E-state index in [1.807, 2.05) is 50.2 Å². The van der Waals surface area contributed by atoms with E-state index < -0.39 is 64.3 Å². The third kappa shape index (κ3) is 11.9. The van der Waals surface area contributed by atoms with Crippen molar-refractivity contribution in [3.63, 3.8) is 0 Å². The topological polar surface area (TPSA) is 186 Å². The molecule has 2 aromatic rings. The second-order valence-corrected chi connectivity index (χ2v) is 15.3. The molecule has 12 nitrogen and oxygen atoms in total. The highest BCUT2D eigenvalue weighted by Crippen LogP contribution is 2.65. The standard InChI is InChI=1S/C39H51Cl2N3O9/c1-23(2)19-28(51-37(49)38(3,4)22-44-31(46)18-16-24-15-17-27(50-6)26(40)20-24)36(48)52-29(13-10-14-30(43)45)39(5)33(35(39)53-32(47)21-42)34(41)25-11-8-7-9-12-25/h7-12,14-15,17,20,23,28-29,33-35H,13,16,18-19,21-22,42H2,1-6H3,(H2,43,45)(H,44,46)/b14-10+/t28-,29-,33+,34-,35?,39-/m0/s1. The van der Waals surface area contributed by atoms with Gasteiger partial charge in [-0.1, -0.05) is 74.8 Å². The average Bonchev–Trinajstić information content (AvgIpc) is 3.71. The zero-order chi connectivity index (χ0) is 39.5. The minimum absolute atomic E-state index is 0.0132. The van der Waals surface area contributed by atoms with Gasteiger partial charge in [-0.15, -0.1) is 11.6 Å². The van der Waals surface area contributed by atoms with Gasteiger partial charge in [0.05, 0.1) is 34.9 Å². The predicted molar refractivity (Wildman–Crippen MR) is 201 cm³/mol. The average molecular weight is 777 g/mol. The summed E-state index contributed by atoms with van der Waals surface area (Å²) in [6.07, 6.45) is 0.227. The van der Waals surface area contributed by atoms with Crippen molar-refractivity contribution in [3.05, 3.63) is 76.8 Å². The lowest BCUT2D eigenvalue weighted by Crippen LogP contribution is -2.44. The lowest BCUT2D eigenvalue weighted by Gasteiger charge is -2.30. The largest absolute Gasteiger partial charge is 0.495 e. The van der Waals surface area contributed by atoms with Gasteiger partial charge in [0.2, 0.25) is 11.8 Å². The molecule has 1 unspecified atom stereocenters. The fourth-order valence-corrected chi connectivity index (χ4v) is 6.92. The number of benzene rings is 2. The number of alkyl halides is 1. The zero-order valence-corrected chi connectivity index (χ0v) is 32.6. The number of methoxy groups -OCH3 is 1. The van der Waals surface area contributed by atoms with Crippen LogP contribution >= 0.6 is 23.2 Å². The number of rotatable bonds is 20. The minimum Gasteiger partial charge on any atom is -0.495 e. The van der Waals surface area contributed by atoms with Crippen LogP contribution in [0.15, 0.2) is 60.7 Å². The lowest BCUT2D eigenvalue weighted by molar-refractivity contribution is -0.180. The van der Waals surface area contributed by atoms with Crippen LogP contribution in [-0.2, 0) is 44.6 Å². The number of carbonyl (C=O) groups excluding carboxylic acids is 5. The first-order valence-electron chi connectivity index (χ1n) is 17.5. The number of aryl methyl sites for hydroxylation is 1. The summed E-state index contributed by atoms with van der Waals surface area (Å²) in [5, 5.41) is 2.57. The summed E-state index contributed by atoms with van der Waals surface area (Å²) >= 11 is 13.2. The van der Waals surface area contributed by atoms with Gasteiger partial charge < -0.3 is 35.7 Å². The van der Waals surface area contributed by atoms with E-state index in [0.717, 1.165) is 17.2 Å². The molecular weight excluding hydrogens is 725 g/mol. The van der Waals surface area contributed by atoms with Gasteiger partial charge in [-0.2, -0.15) is 0 Å². The number of nitrogens with two attached hydrogens (primary N) is 2. The number of esters is 3. The fourth-order valence-electron chi connectivity index (χ4n) is 6.09. The Hall–Kier alpha value is -4.13. The fraction of sp³-hybridized carbons (Fsp3) is 0.513. The van der Waals surface area contributed by atoms with Crippen molar-refractivity contribution >= 4 is 52.9 Å². The van der Waals surface area contributed by atoms with Crippen LogP contribution in [0.1, 0.15) is 70.4 Å². The molecule has 53 heavy (non-hydrogen) atoms. The smallest absolute Gasteiger partial charge is 0.347 e. The number of hydrogen-bond donors (Lipinski definition) is 3. The molecule has 1 aliphatic rings. The van der Waals surface area contributed by atoms with Gasteiger partial charge >= 0.3 is 17.9 Å². The number of primary amides is 1. The summed E-state index contributed by atoms with van der Waals surface area (Å²) in [7, 11) is 1.52. The third-order valence-electron chi connectivity index (χ3n) is 9.33. The Balaban J connectivity index is 1.77. The van der Waals surface area contributed by atoms with Crippen molar-refractivity contribution < 1.29 is 42.9 Å². The van der Waals surface area contributed by atoms with Crippen LogP contribution in [0.5, 0.6) is 5.75 Å². The van der Waals surface area contributed by atoms with E-state index in [1.165, 1.54) is 13.2 Å². The van der Waals surface area contributed by atoms with E-state index in [2.05, 4.69) is 5.32 Å². The molecule has 0 saturated heterocycles. The molecule has 0 spiro atoms. The van der Waals surface area contributed by atoms with E-state index >= 15 is 0 Å². The maximum Gasteiger partial charge on any atom is 0.347 e. The van der Waals surface area contributed by atoms with Crippen molar-refractivity contribution in [2.45, 2.75) is 84.0 Å². The molecule has 1 fully saturated rings. The van der Waals surface area contributed by atoms with Crippen LogP contribution in [0, 0.1) is 22.7 Å². The summed E-state index contributed by atoms with van der Waals surface area (Å²) in [6, 6.07) is 14.5. The first-order valence-corrected chi connectivity index (χ1v) is 18.3. The van der Waals surface area contributed by atoms with Gasteiger partial charge in [0.1, 0.15) is 18.0 Å². The Morgan fingerprint density at radius 2 is 1.74 bits per heavy atom. The lowest BCUT2D eigenvalue weighted by atomic mass is 9.92. The van der Waals surface area contributed by atoms with E-state index in [1.54, 1.807) is 32.9 Å². The number of nitrogens with one attached hydrogen (secondary N) is 1. The van der Waals surface area contributed by atoms with Crippen LogP contribution in [0.2, 0.25) is 5.02 Å². The number of halogens is 2. The number of carbonyl (C=O) groups is 5. The normalized spacial score (nSPS) is 19.9. The van der Waals surface area contributed by atoms with Crippen LogP contribution in [-0.4, -0.2) is 68.2 Å². The molecule has 0 heterocycles. The highest BCUT2D eigenvalue weighted by molar-refractivity contribution is 6.32. The first kappa shape index (κ1) is 43.3. The summed E-state index contributed by atoms with van der Waals surface area (Å²) < 4.78 is 22.8. The van der Waals surface area contributed by atoms with Crippen LogP contribution in [0.4, 0.5) is 0 Å². The second-order valence-electron chi connectivity index (χ2n) is 14.4. The zero-order valence-electron chi connectivity index (χ0n) is 31.1. The maximum absolute atomic E-state index is 13.9. The molecule has 14 heteroatoms. The van der Waals surface area contributed by atoms with Crippen molar-refractivity contribution in [2.75, 3.05) is 20.2 Å². The third-order valence-corrected chi connectivity index (χ3v) is 10.1. The SMILES string of the molecule is COc1ccc(CCC(=O)NCC(C)(C)C(=O)O[C@@H](CC(C)C)C(=O)O[C@@H](C/C=C/C(N)=O)[C@]2(C)C(OC(=O)CN)[C@H]2[C@@H](Cl)c2ccccc2)cc1Cl. The minimum atomic E-state index is -1.31. The molecule has 2 amide bonds. The summed E-state index contributed by atoms with van der Waals surface area (Å²) in [4.78, 5) is 64.2. The van der Waals surface area contributed by atoms with Gasteiger partial charge in [0.15, 0.2) is 6.10 Å². The highest BCUT2D eigenvalue weighted by atomic mass is 35.5. The van der Waals surface area contributed by atoms with Gasteiger partial charge in [-0.25, -0.2) is 4.79 Å². The number of hydrogen-bond acceptors (Lipinski definition) is 10.